The van der Waals surface area contributed by atoms with Crippen LogP contribution >= 0.6 is 0 Å². The van der Waals surface area contributed by atoms with Gasteiger partial charge < -0.3 is 5.32 Å². The van der Waals surface area contributed by atoms with Crippen LogP contribution in [0.4, 0.5) is 0 Å². The number of nitrogens with one attached hydrogen (secondary N) is 1. The second-order valence-electron chi connectivity index (χ2n) is 4.25. The quantitative estimate of drug-likeness (QED) is 0.774. The summed E-state index contributed by atoms with van der Waals surface area (Å²) >= 11 is 0. The van der Waals surface area contributed by atoms with Crippen LogP contribution in [0.15, 0.2) is 18.3 Å². The van der Waals surface area contributed by atoms with Gasteiger partial charge in [-0.3, -0.25) is 4.98 Å². The summed E-state index contributed by atoms with van der Waals surface area (Å²) < 4.78 is 0. The van der Waals surface area contributed by atoms with Crippen LogP contribution in [0.25, 0.3) is 0 Å². The minimum absolute atomic E-state index is 0.482. The first-order chi connectivity index (χ1) is 6.79. The average molecular weight is 190 g/mol. The Labute approximate surface area is 85.7 Å². The average Bonchev–Trinajstić information content (AvgIpc) is 2.65. The van der Waals surface area contributed by atoms with Crippen LogP contribution in [-0.4, -0.2) is 11.5 Å². The fourth-order valence-electron chi connectivity index (χ4n) is 1.99. The first-order valence-electron chi connectivity index (χ1n) is 5.47. The Morgan fingerprint density at radius 2 is 2.36 bits per heavy atom. The number of aromatic nitrogens is 1. The lowest BCUT2D eigenvalue weighted by atomic mass is 10.0. The van der Waals surface area contributed by atoms with E-state index in [1.165, 1.54) is 17.7 Å². The van der Waals surface area contributed by atoms with E-state index in [1.54, 1.807) is 0 Å². The summed E-state index contributed by atoms with van der Waals surface area (Å²) in [5.74, 6) is 0.785. The third kappa shape index (κ3) is 1.95. The van der Waals surface area contributed by atoms with Crippen LogP contribution in [0, 0.1) is 5.92 Å². The molecule has 1 aromatic heterocycles. The van der Waals surface area contributed by atoms with Gasteiger partial charge in [-0.2, -0.15) is 0 Å². The van der Waals surface area contributed by atoms with E-state index in [-0.39, 0.29) is 0 Å². The summed E-state index contributed by atoms with van der Waals surface area (Å²) in [7, 11) is 0. The first kappa shape index (κ1) is 9.66. The Bertz CT molecular complexity index is 292. The molecule has 2 rings (SSSR count). The van der Waals surface area contributed by atoms with Crippen LogP contribution in [-0.2, 0) is 6.42 Å². The number of rotatable bonds is 2. The standard InChI is InChI=1S/C12H18N2/c1-3-10-4-5-11(14-8-10)12-6-9(2)7-13-12/h4-5,8-9,12-13H,3,6-7H2,1-2H3/t9-,12-/m0/s1. The van der Waals surface area contributed by atoms with Crippen molar-refractivity contribution in [2.24, 2.45) is 5.92 Å². The summed E-state index contributed by atoms with van der Waals surface area (Å²) in [6.07, 6.45) is 4.29. The van der Waals surface area contributed by atoms with Gasteiger partial charge in [-0.05, 0) is 36.9 Å². The molecule has 0 aliphatic carbocycles. The molecule has 1 aliphatic heterocycles. The van der Waals surface area contributed by atoms with Gasteiger partial charge in [0.1, 0.15) is 0 Å². The highest BCUT2D eigenvalue weighted by Crippen LogP contribution is 2.25. The predicted octanol–water partition coefficient (Wildman–Crippen LogP) is 2.31. The van der Waals surface area contributed by atoms with E-state index in [1.807, 2.05) is 6.20 Å². The Morgan fingerprint density at radius 1 is 1.50 bits per heavy atom. The second-order valence-corrected chi connectivity index (χ2v) is 4.25. The van der Waals surface area contributed by atoms with Crippen molar-refractivity contribution in [1.82, 2.24) is 10.3 Å². The molecule has 1 aliphatic rings. The fourth-order valence-corrected chi connectivity index (χ4v) is 1.99. The van der Waals surface area contributed by atoms with Crippen molar-refractivity contribution in [3.05, 3.63) is 29.6 Å². The van der Waals surface area contributed by atoms with E-state index in [9.17, 15) is 0 Å². The maximum atomic E-state index is 4.50. The fraction of sp³-hybridized carbons (Fsp3) is 0.583. The topological polar surface area (TPSA) is 24.9 Å². The van der Waals surface area contributed by atoms with Crippen molar-refractivity contribution in [1.29, 1.82) is 0 Å². The van der Waals surface area contributed by atoms with Crippen molar-refractivity contribution in [2.45, 2.75) is 32.7 Å². The SMILES string of the molecule is CCc1ccc([C@@H]2C[C@H](C)CN2)nc1. The van der Waals surface area contributed by atoms with E-state index in [0.717, 1.165) is 18.9 Å². The lowest BCUT2D eigenvalue weighted by Gasteiger charge is -2.09. The molecule has 76 valence electrons. The summed E-state index contributed by atoms with van der Waals surface area (Å²) in [6, 6.07) is 4.83. The van der Waals surface area contributed by atoms with Crippen molar-refractivity contribution in [3.8, 4) is 0 Å². The summed E-state index contributed by atoms with van der Waals surface area (Å²) in [5.41, 5.74) is 2.52. The van der Waals surface area contributed by atoms with Crippen LogP contribution in [0.5, 0.6) is 0 Å². The minimum Gasteiger partial charge on any atom is -0.308 e. The zero-order valence-electron chi connectivity index (χ0n) is 8.96. The normalized spacial score (nSPS) is 26.7. The molecule has 0 saturated carbocycles. The van der Waals surface area contributed by atoms with E-state index < -0.39 is 0 Å². The lowest BCUT2D eigenvalue weighted by Crippen LogP contribution is -2.14. The molecule has 1 N–H and O–H groups in total. The molecule has 2 nitrogen and oxygen atoms in total. The van der Waals surface area contributed by atoms with Gasteiger partial charge in [-0.15, -0.1) is 0 Å². The lowest BCUT2D eigenvalue weighted by molar-refractivity contribution is 0.598. The maximum Gasteiger partial charge on any atom is 0.0573 e. The smallest absolute Gasteiger partial charge is 0.0573 e. The molecule has 0 unspecified atom stereocenters. The van der Waals surface area contributed by atoms with Gasteiger partial charge in [0, 0.05) is 12.2 Å². The largest absolute Gasteiger partial charge is 0.308 e. The molecule has 0 radical (unpaired) electrons. The van der Waals surface area contributed by atoms with Crippen molar-refractivity contribution >= 4 is 0 Å². The third-order valence-electron chi connectivity index (χ3n) is 2.96. The van der Waals surface area contributed by atoms with Gasteiger partial charge in [0.2, 0.25) is 0 Å². The number of nitrogens with zero attached hydrogens (tertiary/aromatic N) is 1. The molecule has 0 spiro atoms. The zero-order chi connectivity index (χ0) is 9.97. The second kappa shape index (κ2) is 4.09. The van der Waals surface area contributed by atoms with E-state index in [2.05, 4.69) is 36.3 Å². The van der Waals surface area contributed by atoms with Gasteiger partial charge in [0.25, 0.3) is 0 Å². The minimum atomic E-state index is 0.482. The van der Waals surface area contributed by atoms with E-state index in [4.69, 9.17) is 0 Å². The molecule has 0 amide bonds. The summed E-state index contributed by atoms with van der Waals surface area (Å²) in [6.45, 7) is 5.57. The predicted molar refractivity (Wildman–Crippen MR) is 58.1 cm³/mol. The number of pyridine rings is 1. The highest BCUT2D eigenvalue weighted by molar-refractivity contribution is 5.17. The highest BCUT2D eigenvalue weighted by Gasteiger charge is 2.22. The van der Waals surface area contributed by atoms with Crippen LogP contribution in [0.1, 0.15) is 37.6 Å². The first-order valence-corrected chi connectivity index (χ1v) is 5.47. The molecule has 2 heterocycles. The molecule has 1 aromatic rings. The Morgan fingerprint density at radius 3 is 2.86 bits per heavy atom. The molecular formula is C12H18N2. The Kier molecular flexibility index (Phi) is 2.82. The maximum absolute atomic E-state index is 4.50. The third-order valence-corrected chi connectivity index (χ3v) is 2.96. The van der Waals surface area contributed by atoms with Crippen molar-refractivity contribution in [2.75, 3.05) is 6.54 Å². The molecule has 14 heavy (non-hydrogen) atoms. The van der Waals surface area contributed by atoms with Crippen LogP contribution < -0.4 is 5.32 Å². The van der Waals surface area contributed by atoms with Gasteiger partial charge in [0.05, 0.1) is 5.69 Å². The van der Waals surface area contributed by atoms with E-state index >= 15 is 0 Å². The van der Waals surface area contributed by atoms with Crippen LogP contribution in [0.3, 0.4) is 0 Å². The monoisotopic (exact) mass is 190 g/mol. The molecule has 2 atom stereocenters. The molecule has 1 saturated heterocycles. The van der Waals surface area contributed by atoms with Gasteiger partial charge in [0.15, 0.2) is 0 Å². The summed E-state index contributed by atoms with van der Waals surface area (Å²) in [5, 5.41) is 3.50. The Balaban J connectivity index is 2.09. The number of hydrogen-bond donors (Lipinski definition) is 1. The summed E-state index contributed by atoms with van der Waals surface area (Å²) in [4.78, 5) is 4.50. The van der Waals surface area contributed by atoms with Crippen LogP contribution in [0.2, 0.25) is 0 Å². The number of hydrogen-bond acceptors (Lipinski definition) is 2. The Hall–Kier alpha value is -0.890. The van der Waals surface area contributed by atoms with E-state index in [0.29, 0.717) is 6.04 Å². The molecule has 0 bridgehead atoms. The highest BCUT2D eigenvalue weighted by atomic mass is 15.0. The van der Waals surface area contributed by atoms with Crippen molar-refractivity contribution in [3.63, 3.8) is 0 Å². The van der Waals surface area contributed by atoms with Crippen molar-refractivity contribution < 1.29 is 0 Å². The molecule has 0 aromatic carbocycles. The number of aryl methyl sites for hydroxylation is 1. The molecular weight excluding hydrogens is 172 g/mol. The zero-order valence-corrected chi connectivity index (χ0v) is 8.96. The molecule has 1 fully saturated rings. The van der Waals surface area contributed by atoms with Gasteiger partial charge in [-0.25, -0.2) is 0 Å². The molecule has 2 heteroatoms. The van der Waals surface area contributed by atoms with Gasteiger partial charge >= 0.3 is 0 Å². The van der Waals surface area contributed by atoms with Gasteiger partial charge in [-0.1, -0.05) is 19.9 Å².